The second kappa shape index (κ2) is 11.2. The lowest BCUT2D eigenvalue weighted by Gasteiger charge is -2.34. The molecule has 10 heteroatoms. The van der Waals surface area contributed by atoms with Crippen LogP contribution in [0.2, 0.25) is 0 Å². The topological polar surface area (TPSA) is 96.7 Å². The van der Waals surface area contributed by atoms with Crippen LogP contribution in [0.25, 0.3) is 6.08 Å². The number of cyclic esters (lactones) is 1. The van der Waals surface area contributed by atoms with Crippen molar-refractivity contribution in [2.24, 2.45) is 28.6 Å². The smallest absolute Gasteiger partial charge is 0.395 e. The number of nitrogens with zero attached hydrogens (tertiary/aromatic N) is 1. The van der Waals surface area contributed by atoms with E-state index in [1.54, 1.807) is 19.9 Å². The van der Waals surface area contributed by atoms with E-state index >= 15 is 0 Å². The maximum Gasteiger partial charge on any atom is 0.395 e. The molecule has 1 aliphatic heterocycles. The first-order chi connectivity index (χ1) is 17.5. The van der Waals surface area contributed by atoms with Crippen LogP contribution in [-0.4, -0.2) is 51.4 Å². The summed E-state index contributed by atoms with van der Waals surface area (Å²) in [6, 6.07) is 0. The van der Waals surface area contributed by atoms with Crippen molar-refractivity contribution in [3.63, 3.8) is 0 Å². The summed E-state index contributed by atoms with van der Waals surface area (Å²) in [5, 5.41) is 24.2. The summed E-state index contributed by atoms with van der Waals surface area (Å²) in [5.74, 6) is -3.51. The number of halogens is 3. The van der Waals surface area contributed by atoms with Crippen LogP contribution in [-0.2, 0) is 14.3 Å². The molecular weight excluding hydrogens is 519 g/mol. The molecule has 1 fully saturated rings. The van der Waals surface area contributed by atoms with Gasteiger partial charge in [0.15, 0.2) is 0 Å². The number of esters is 1. The Morgan fingerprint density at radius 1 is 1.24 bits per heavy atom. The zero-order valence-corrected chi connectivity index (χ0v) is 23.5. The average Bonchev–Trinajstić information content (AvgIpc) is 3.38. The van der Waals surface area contributed by atoms with Crippen LogP contribution in [0.1, 0.15) is 71.0 Å². The summed E-state index contributed by atoms with van der Waals surface area (Å²) in [6.45, 7) is 9.71. The van der Waals surface area contributed by atoms with Crippen molar-refractivity contribution in [3.05, 3.63) is 33.8 Å². The number of ketones is 1. The highest BCUT2D eigenvalue weighted by Crippen LogP contribution is 2.66. The van der Waals surface area contributed by atoms with Crippen LogP contribution < -0.4 is 0 Å². The number of alkyl halides is 3. The highest BCUT2D eigenvalue weighted by molar-refractivity contribution is 7.09. The first-order valence-electron chi connectivity index (χ1n) is 12.9. The number of aryl methyl sites for hydroxylation is 1. The molecule has 7 atom stereocenters. The van der Waals surface area contributed by atoms with Crippen LogP contribution in [0, 0.1) is 35.5 Å². The van der Waals surface area contributed by atoms with Crippen LogP contribution in [0.5, 0.6) is 0 Å². The minimum atomic E-state index is -4.46. The van der Waals surface area contributed by atoms with Gasteiger partial charge in [-0.25, -0.2) is 4.98 Å². The number of thiazole rings is 1. The molecule has 2 heterocycles. The SMILES string of the molecule is C/C(=C\c1csc(C)n1)[C@@H]1CC2CC2(C(F)(F)F)C/C=C/[C@H](C)[C@H](O)[C@@H](C)C(=O)C(C)(C)[C@@H](O)CC(=O)O1. The van der Waals surface area contributed by atoms with Crippen molar-refractivity contribution in [1.29, 1.82) is 0 Å². The highest BCUT2D eigenvalue weighted by Gasteiger charge is 2.69. The van der Waals surface area contributed by atoms with Gasteiger partial charge in [0.2, 0.25) is 0 Å². The fraction of sp³-hybridized carbons (Fsp3) is 0.679. The van der Waals surface area contributed by atoms with Gasteiger partial charge in [-0.3, -0.25) is 9.59 Å². The maximum absolute atomic E-state index is 14.2. The van der Waals surface area contributed by atoms with Gasteiger partial charge < -0.3 is 14.9 Å². The number of carbonyl (C=O) groups is 2. The van der Waals surface area contributed by atoms with Gasteiger partial charge in [0, 0.05) is 17.2 Å². The lowest BCUT2D eigenvalue weighted by molar-refractivity contribution is -0.192. The molecule has 0 spiro atoms. The summed E-state index contributed by atoms with van der Waals surface area (Å²) in [5.41, 5.74) is -2.13. The van der Waals surface area contributed by atoms with Crippen molar-refractivity contribution in [3.8, 4) is 0 Å². The molecule has 1 aromatic heterocycles. The summed E-state index contributed by atoms with van der Waals surface area (Å²) in [6.07, 6.45) is -4.20. The number of aliphatic hydroxyl groups excluding tert-OH is 2. The largest absolute Gasteiger partial charge is 0.458 e. The van der Waals surface area contributed by atoms with Crippen molar-refractivity contribution in [1.82, 2.24) is 4.98 Å². The number of carbonyl (C=O) groups excluding carboxylic acids is 2. The van der Waals surface area contributed by atoms with E-state index in [-0.39, 0.29) is 19.3 Å². The fourth-order valence-electron chi connectivity index (χ4n) is 5.35. The summed E-state index contributed by atoms with van der Waals surface area (Å²) in [4.78, 5) is 30.5. The Morgan fingerprint density at radius 3 is 2.47 bits per heavy atom. The van der Waals surface area contributed by atoms with Gasteiger partial charge in [-0.05, 0) is 50.7 Å². The van der Waals surface area contributed by atoms with Crippen molar-refractivity contribution in [2.45, 2.75) is 91.7 Å². The predicted molar refractivity (Wildman–Crippen MR) is 139 cm³/mol. The summed E-state index contributed by atoms with van der Waals surface area (Å²) >= 11 is 1.43. The molecule has 2 unspecified atom stereocenters. The van der Waals surface area contributed by atoms with E-state index in [4.69, 9.17) is 4.74 Å². The second-order valence-electron chi connectivity index (χ2n) is 11.5. The zero-order chi connectivity index (χ0) is 28.6. The van der Waals surface area contributed by atoms with Gasteiger partial charge in [-0.1, -0.05) is 39.8 Å². The van der Waals surface area contributed by atoms with E-state index in [2.05, 4.69) is 4.98 Å². The zero-order valence-electron chi connectivity index (χ0n) is 22.7. The fourth-order valence-corrected chi connectivity index (χ4v) is 5.92. The molecule has 1 aliphatic carbocycles. The van der Waals surface area contributed by atoms with Crippen LogP contribution >= 0.6 is 11.3 Å². The number of Topliss-reactive ketones (excluding diaryl/α,β-unsaturated/α-hetero) is 1. The van der Waals surface area contributed by atoms with Gasteiger partial charge >= 0.3 is 12.1 Å². The number of aromatic nitrogens is 1. The first kappa shape index (κ1) is 30.5. The molecule has 38 heavy (non-hydrogen) atoms. The third-order valence-electron chi connectivity index (χ3n) is 8.30. The number of allylic oxidation sites excluding steroid dienone is 1. The molecule has 212 valence electrons. The normalized spacial score (nSPS) is 36.3. The molecule has 0 bridgehead atoms. The van der Waals surface area contributed by atoms with Crippen LogP contribution in [0.15, 0.2) is 23.1 Å². The molecule has 0 aromatic carbocycles. The van der Waals surface area contributed by atoms with E-state index < -0.39 is 71.2 Å². The number of fused-ring (bicyclic) bond motifs is 1. The molecule has 6 nitrogen and oxygen atoms in total. The van der Waals surface area contributed by atoms with E-state index in [1.807, 2.05) is 12.3 Å². The Bertz CT molecular complexity index is 1090. The Kier molecular flexibility index (Phi) is 9.00. The van der Waals surface area contributed by atoms with E-state index in [1.165, 1.54) is 44.3 Å². The quantitative estimate of drug-likeness (QED) is 0.360. The molecule has 1 aromatic rings. The number of hydrogen-bond donors (Lipinski definition) is 2. The molecule has 2 N–H and O–H groups in total. The van der Waals surface area contributed by atoms with Gasteiger partial charge in [-0.2, -0.15) is 13.2 Å². The molecule has 1 saturated carbocycles. The third-order valence-corrected chi connectivity index (χ3v) is 9.10. The minimum absolute atomic E-state index is 0.0296. The Morgan fingerprint density at radius 2 is 1.89 bits per heavy atom. The Labute approximate surface area is 226 Å². The van der Waals surface area contributed by atoms with Crippen molar-refractivity contribution < 1.29 is 37.7 Å². The number of hydrogen-bond acceptors (Lipinski definition) is 7. The van der Waals surface area contributed by atoms with E-state index in [0.717, 1.165) is 5.01 Å². The first-order valence-corrected chi connectivity index (χ1v) is 13.8. The number of ether oxygens (including phenoxy) is 1. The van der Waals surface area contributed by atoms with Crippen molar-refractivity contribution >= 4 is 29.2 Å². The summed E-state index contributed by atoms with van der Waals surface area (Å²) in [7, 11) is 0. The molecule has 3 rings (SSSR count). The van der Waals surface area contributed by atoms with Crippen LogP contribution in [0.4, 0.5) is 13.2 Å². The number of aliphatic hydroxyl groups is 2. The van der Waals surface area contributed by atoms with Crippen molar-refractivity contribution in [2.75, 3.05) is 0 Å². The van der Waals surface area contributed by atoms with Gasteiger partial charge in [0.25, 0.3) is 0 Å². The Balaban J connectivity index is 1.98. The number of rotatable bonds is 2. The van der Waals surface area contributed by atoms with Gasteiger partial charge in [0.05, 0.1) is 40.2 Å². The third kappa shape index (κ3) is 6.39. The average molecular weight is 558 g/mol. The van der Waals surface area contributed by atoms with Gasteiger partial charge in [-0.15, -0.1) is 11.3 Å². The monoisotopic (exact) mass is 557 g/mol. The van der Waals surface area contributed by atoms with E-state index in [9.17, 15) is 33.0 Å². The van der Waals surface area contributed by atoms with E-state index in [0.29, 0.717) is 11.3 Å². The van der Waals surface area contributed by atoms with Crippen LogP contribution in [0.3, 0.4) is 0 Å². The maximum atomic E-state index is 14.2. The second-order valence-corrected chi connectivity index (χ2v) is 12.6. The molecule has 2 aliphatic rings. The molecule has 0 amide bonds. The Hall–Kier alpha value is -2.04. The summed E-state index contributed by atoms with van der Waals surface area (Å²) < 4.78 is 48.4. The molecule has 0 saturated heterocycles. The lowest BCUT2D eigenvalue weighted by atomic mass is 9.73. The molecular formula is C28H38F3NO5S. The van der Waals surface area contributed by atoms with Gasteiger partial charge in [0.1, 0.15) is 11.9 Å². The predicted octanol–water partition coefficient (Wildman–Crippen LogP) is 5.66. The highest BCUT2D eigenvalue weighted by atomic mass is 32.1. The minimum Gasteiger partial charge on any atom is -0.458 e. The lowest BCUT2D eigenvalue weighted by Crippen LogP contribution is -2.45. The molecule has 0 radical (unpaired) electrons. The standard InChI is InChI=1S/C28H38F3NO5S/c1-15-8-7-9-27(28(29,30)31)13-19(27)11-21(16(2)10-20-14-38-18(4)32-20)37-23(34)12-22(33)26(5,6)25(36)17(3)24(15)35/h7-8,10,14-15,17,19,21-22,24,33,35H,9,11-13H2,1-6H3/b8-7+,16-10+/t15-,17+,19?,21-,22-,24-,27?/m0/s1.